The number of halogens is 2. The molecule has 0 saturated heterocycles. The van der Waals surface area contributed by atoms with Crippen LogP contribution in [0.2, 0.25) is 0 Å². The number of alkyl halides is 2. The van der Waals surface area contributed by atoms with Crippen molar-refractivity contribution in [3.8, 4) is 0 Å². The molecule has 6 nitrogen and oxygen atoms in total. The summed E-state index contributed by atoms with van der Waals surface area (Å²) in [5, 5.41) is 9.13. The highest BCUT2D eigenvalue weighted by Crippen LogP contribution is 2.30. The number of amides is 1. The molecule has 0 fully saturated rings. The summed E-state index contributed by atoms with van der Waals surface area (Å²) in [4.78, 5) is 16.0. The summed E-state index contributed by atoms with van der Waals surface area (Å²) >= 11 is 1.09. The van der Waals surface area contributed by atoms with Crippen LogP contribution in [0.5, 0.6) is 0 Å². The average molecular weight is 309 g/mol. The lowest BCUT2D eigenvalue weighted by Crippen LogP contribution is -2.16. The summed E-state index contributed by atoms with van der Waals surface area (Å²) in [5.74, 6) is -0.537. The largest absolute Gasteiger partial charge is 0.367 e. The van der Waals surface area contributed by atoms with Gasteiger partial charge in [-0.2, -0.15) is 0 Å². The molecule has 0 aliphatic carbocycles. The molecule has 0 atom stereocenters. The van der Waals surface area contributed by atoms with Crippen molar-refractivity contribution in [3.05, 3.63) is 40.3 Å². The smallest absolute Gasteiger partial charge is 0.274 e. The zero-order valence-corrected chi connectivity index (χ0v) is 11.3. The maximum absolute atomic E-state index is 12.8. The number of fused-ring (bicyclic) bond motifs is 1. The summed E-state index contributed by atoms with van der Waals surface area (Å²) < 4.78 is 26.9. The Morgan fingerprint density at radius 2 is 2.19 bits per heavy atom. The van der Waals surface area contributed by atoms with E-state index in [0.29, 0.717) is 5.52 Å². The van der Waals surface area contributed by atoms with E-state index in [1.54, 1.807) is 6.07 Å². The van der Waals surface area contributed by atoms with Gasteiger partial charge in [-0.05, 0) is 12.1 Å². The molecule has 3 heterocycles. The second kappa shape index (κ2) is 5.09. The lowest BCUT2D eigenvalue weighted by Gasteiger charge is -2.06. The normalized spacial score (nSPS) is 11.2. The van der Waals surface area contributed by atoms with E-state index >= 15 is 0 Å². The van der Waals surface area contributed by atoms with Gasteiger partial charge in [0.1, 0.15) is 5.69 Å². The molecule has 3 aromatic rings. The minimum Gasteiger partial charge on any atom is -0.367 e. The first-order valence-corrected chi connectivity index (χ1v) is 6.76. The van der Waals surface area contributed by atoms with Gasteiger partial charge in [0.05, 0.1) is 23.0 Å². The van der Waals surface area contributed by atoms with Crippen molar-refractivity contribution in [3.63, 3.8) is 0 Å². The monoisotopic (exact) mass is 309 g/mol. The van der Waals surface area contributed by atoms with Crippen molar-refractivity contribution in [2.24, 2.45) is 0 Å². The number of carbonyl (C=O) groups is 1. The maximum atomic E-state index is 12.8. The van der Waals surface area contributed by atoms with E-state index in [2.05, 4.69) is 15.4 Å². The molecule has 3 aromatic heterocycles. The van der Waals surface area contributed by atoms with Gasteiger partial charge < -0.3 is 11.1 Å². The number of anilines is 2. The molecule has 3 rings (SSSR count). The topological polar surface area (TPSA) is 85.3 Å². The molecule has 0 aliphatic heterocycles. The van der Waals surface area contributed by atoms with Crippen LogP contribution >= 0.6 is 11.3 Å². The fourth-order valence-electron chi connectivity index (χ4n) is 1.85. The van der Waals surface area contributed by atoms with Gasteiger partial charge in [0.15, 0.2) is 0 Å². The number of rotatable bonds is 3. The van der Waals surface area contributed by atoms with Crippen molar-refractivity contribution >= 4 is 34.4 Å². The third-order valence-electron chi connectivity index (χ3n) is 2.82. The highest BCUT2D eigenvalue weighted by molar-refractivity contribution is 7.08. The van der Waals surface area contributed by atoms with Crippen LogP contribution in [0.15, 0.2) is 29.1 Å². The molecule has 1 amide bonds. The summed E-state index contributed by atoms with van der Waals surface area (Å²) in [6.07, 6.45) is -1.18. The Morgan fingerprint density at radius 1 is 1.38 bits per heavy atom. The first kappa shape index (κ1) is 13.4. The summed E-state index contributed by atoms with van der Waals surface area (Å²) in [6.45, 7) is 0. The molecule has 0 bridgehead atoms. The lowest BCUT2D eigenvalue weighted by molar-refractivity contribution is 0.102. The van der Waals surface area contributed by atoms with Crippen molar-refractivity contribution in [1.29, 1.82) is 0 Å². The molecule has 9 heteroatoms. The molecule has 108 valence electrons. The molecule has 0 aromatic carbocycles. The van der Waals surface area contributed by atoms with Crippen LogP contribution < -0.4 is 11.1 Å². The average Bonchev–Trinajstić information content (AvgIpc) is 3.04. The number of thiophene rings is 1. The molecule has 0 unspecified atom stereocenters. The Kier molecular flexibility index (Phi) is 3.26. The summed E-state index contributed by atoms with van der Waals surface area (Å²) in [7, 11) is 0. The molecule has 21 heavy (non-hydrogen) atoms. The summed E-state index contributed by atoms with van der Waals surface area (Å²) in [6, 6.07) is 3.16. The van der Waals surface area contributed by atoms with E-state index in [4.69, 9.17) is 5.73 Å². The van der Waals surface area contributed by atoms with E-state index in [9.17, 15) is 13.6 Å². The number of carbonyl (C=O) groups excluding carboxylic acids is 1. The number of nitrogen functional groups attached to an aromatic ring is 1. The van der Waals surface area contributed by atoms with Gasteiger partial charge >= 0.3 is 0 Å². The second-order valence-electron chi connectivity index (χ2n) is 4.17. The van der Waals surface area contributed by atoms with Crippen molar-refractivity contribution in [2.45, 2.75) is 6.43 Å². The lowest BCUT2D eigenvalue weighted by atomic mass is 10.3. The minimum atomic E-state index is -2.64. The van der Waals surface area contributed by atoms with Crippen LogP contribution in [0.3, 0.4) is 0 Å². The second-order valence-corrected chi connectivity index (χ2v) is 4.91. The van der Waals surface area contributed by atoms with Gasteiger partial charge in [-0.15, -0.1) is 16.4 Å². The van der Waals surface area contributed by atoms with E-state index < -0.39 is 12.3 Å². The molecular formula is C12H9F2N5OS. The molecule has 0 aliphatic rings. The molecule has 0 saturated carbocycles. The third kappa shape index (κ3) is 2.42. The number of nitrogens with one attached hydrogen (secondary N) is 1. The Bertz CT molecular complexity index is 813. The minimum absolute atomic E-state index is 0.0107. The number of nitrogens with two attached hydrogens (primary N) is 1. The summed E-state index contributed by atoms with van der Waals surface area (Å²) in [5.41, 5.74) is 6.13. The van der Waals surface area contributed by atoms with Crippen LogP contribution in [0.4, 0.5) is 20.4 Å². The highest BCUT2D eigenvalue weighted by atomic mass is 32.1. The van der Waals surface area contributed by atoms with Crippen LogP contribution in [-0.4, -0.2) is 20.5 Å². The number of hydrogen-bond donors (Lipinski definition) is 2. The van der Waals surface area contributed by atoms with E-state index in [0.717, 1.165) is 11.3 Å². The number of nitrogens with zero attached hydrogens (tertiary/aromatic N) is 3. The third-order valence-corrected chi connectivity index (χ3v) is 3.59. The predicted molar refractivity (Wildman–Crippen MR) is 74.6 cm³/mol. The zero-order chi connectivity index (χ0) is 15.0. The van der Waals surface area contributed by atoms with Crippen LogP contribution in [0.1, 0.15) is 22.5 Å². The van der Waals surface area contributed by atoms with E-state index in [1.165, 1.54) is 27.5 Å². The quantitative estimate of drug-likeness (QED) is 0.778. The van der Waals surface area contributed by atoms with Gasteiger partial charge in [-0.25, -0.2) is 18.3 Å². The first-order valence-electron chi connectivity index (χ1n) is 5.82. The van der Waals surface area contributed by atoms with Crippen molar-refractivity contribution in [1.82, 2.24) is 14.6 Å². The molecular weight excluding hydrogens is 300 g/mol. The fraction of sp³-hybridized carbons (Fsp3) is 0.0833. The van der Waals surface area contributed by atoms with Crippen LogP contribution in [-0.2, 0) is 0 Å². The van der Waals surface area contributed by atoms with Gasteiger partial charge in [0, 0.05) is 10.8 Å². The Hall–Kier alpha value is -2.55. The molecule has 0 radical (unpaired) electrons. The van der Waals surface area contributed by atoms with Gasteiger partial charge in [0.25, 0.3) is 12.3 Å². The Morgan fingerprint density at radius 3 is 2.95 bits per heavy atom. The van der Waals surface area contributed by atoms with E-state index in [-0.39, 0.29) is 22.9 Å². The SMILES string of the molecule is Nc1ncc2ccc(C(=O)Nc3cscc3C(F)F)n2n1. The first-order chi connectivity index (χ1) is 10.1. The Labute approximate surface area is 121 Å². The highest BCUT2D eigenvalue weighted by Gasteiger charge is 2.18. The van der Waals surface area contributed by atoms with Gasteiger partial charge in [0.2, 0.25) is 5.95 Å². The van der Waals surface area contributed by atoms with Gasteiger partial charge in [-0.3, -0.25) is 4.79 Å². The Balaban J connectivity index is 1.94. The standard InChI is InChI=1S/C12H9F2N5OS/c13-10(14)7-4-21-5-8(7)17-11(20)9-2-1-6-3-16-12(15)18-19(6)9/h1-5,10H,(H2,15,18)(H,17,20). The zero-order valence-electron chi connectivity index (χ0n) is 10.5. The van der Waals surface area contributed by atoms with Crippen LogP contribution in [0.25, 0.3) is 5.52 Å². The number of aromatic nitrogens is 3. The van der Waals surface area contributed by atoms with Gasteiger partial charge in [-0.1, -0.05) is 0 Å². The van der Waals surface area contributed by atoms with Crippen LogP contribution in [0, 0.1) is 0 Å². The van der Waals surface area contributed by atoms with E-state index in [1.807, 2.05) is 0 Å². The fourth-order valence-corrected chi connectivity index (χ4v) is 2.63. The molecule has 0 spiro atoms. The number of hydrogen-bond acceptors (Lipinski definition) is 5. The predicted octanol–water partition coefficient (Wildman–Crippen LogP) is 2.56. The maximum Gasteiger partial charge on any atom is 0.274 e. The molecule has 3 N–H and O–H groups in total. The van der Waals surface area contributed by atoms with Crippen molar-refractivity contribution < 1.29 is 13.6 Å². The van der Waals surface area contributed by atoms with Crippen molar-refractivity contribution in [2.75, 3.05) is 11.1 Å².